The van der Waals surface area contributed by atoms with Gasteiger partial charge in [0.1, 0.15) is 17.7 Å². The van der Waals surface area contributed by atoms with Crippen LogP contribution in [-0.2, 0) is 11.8 Å². The number of rotatable bonds is 7. The number of Topliss-reactive ketones (excluding diaryl/α,β-unsaturated/α-hetero) is 1. The number of hydrogen-bond acceptors (Lipinski definition) is 3. The van der Waals surface area contributed by atoms with Crippen LogP contribution in [-0.4, -0.2) is 21.2 Å². The monoisotopic (exact) mass is 379 g/mol. The molecular formula is C22H22FN3O2. The Kier molecular flexibility index (Phi) is 5.99. The summed E-state index contributed by atoms with van der Waals surface area (Å²) >= 11 is 0. The Morgan fingerprint density at radius 3 is 2.54 bits per heavy atom. The summed E-state index contributed by atoms with van der Waals surface area (Å²) in [6.45, 7) is 1.95. The zero-order valence-electron chi connectivity index (χ0n) is 15.9. The first kappa shape index (κ1) is 19.5. The fraction of sp³-hybridized carbons (Fsp3) is 0.227. The van der Waals surface area contributed by atoms with Crippen LogP contribution >= 0.6 is 0 Å². The molecule has 3 rings (SSSR count). The highest BCUT2D eigenvalue weighted by molar-refractivity contribution is 5.98. The van der Waals surface area contributed by atoms with Gasteiger partial charge < -0.3 is 9.88 Å². The summed E-state index contributed by atoms with van der Waals surface area (Å²) in [6.07, 6.45) is 3.53. The minimum absolute atomic E-state index is 0.0446. The Morgan fingerprint density at radius 2 is 1.89 bits per heavy atom. The number of benzene rings is 2. The van der Waals surface area contributed by atoms with Crippen molar-refractivity contribution in [2.24, 2.45) is 7.05 Å². The first-order chi connectivity index (χ1) is 13.4. The fourth-order valence-corrected chi connectivity index (χ4v) is 2.98. The van der Waals surface area contributed by atoms with Crippen LogP contribution in [0.4, 0.5) is 4.39 Å². The summed E-state index contributed by atoms with van der Waals surface area (Å²) in [5.74, 6) is -0.184. The number of halogens is 1. The molecule has 5 nitrogen and oxygen atoms in total. The van der Waals surface area contributed by atoms with E-state index in [4.69, 9.17) is 0 Å². The molecule has 1 amide bonds. The summed E-state index contributed by atoms with van der Waals surface area (Å²) in [5.41, 5.74) is 2.25. The minimum Gasteiger partial charge on any atom is -0.342 e. The maximum Gasteiger partial charge on any atom is 0.221 e. The van der Waals surface area contributed by atoms with Crippen LogP contribution < -0.4 is 5.32 Å². The van der Waals surface area contributed by atoms with E-state index in [2.05, 4.69) is 10.3 Å². The summed E-state index contributed by atoms with van der Waals surface area (Å²) in [6, 6.07) is 12.7. The van der Waals surface area contributed by atoms with Crippen molar-refractivity contribution in [3.63, 3.8) is 0 Å². The molecule has 0 spiro atoms. The molecule has 0 saturated heterocycles. The number of imidazole rings is 1. The van der Waals surface area contributed by atoms with Gasteiger partial charge in [0.05, 0.1) is 0 Å². The van der Waals surface area contributed by atoms with Crippen molar-refractivity contribution in [1.82, 2.24) is 14.9 Å². The molecule has 0 aliphatic carbocycles. The number of carbonyl (C=O) groups excluding carboxylic acids is 2. The number of nitrogens with one attached hydrogen (secondary N) is 1. The van der Waals surface area contributed by atoms with Crippen molar-refractivity contribution in [1.29, 1.82) is 0 Å². The predicted octanol–water partition coefficient (Wildman–Crippen LogP) is 3.74. The lowest BCUT2D eigenvalue weighted by Gasteiger charge is -2.19. The maximum absolute atomic E-state index is 13.7. The molecule has 0 saturated carbocycles. The van der Waals surface area contributed by atoms with Gasteiger partial charge in [0.15, 0.2) is 5.78 Å². The smallest absolute Gasteiger partial charge is 0.221 e. The molecule has 0 aliphatic heterocycles. The molecule has 2 aromatic carbocycles. The number of amides is 1. The second-order valence-electron chi connectivity index (χ2n) is 6.74. The molecule has 1 N–H and O–H groups in total. The van der Waals surface area contributed by atoms with Crippen molar-refractivity contribution in [3.8, 4) is 0 Å². The first-order valence-electron chi connectivity index (χ1n) is 9.06. The SMILES string of the molecule is Cc1ccc(C(=O)CCC(=O)NC(c2cccc(F)c2)c2nccn2C)cc1. The van der Waals surface area contributed by atoms with Gasteiger partial charge in [0.2, 0.25) is 5.91 Å². The lowest BCUT2D eigenvalue weighted by molar-refractivity contribution is -0.121. The van der Waals surface area contributed by atoms with Gasteiger partial charge >= 0.3 is 0 Å². The number of nitrogens with zero attached hydrogens (tertiary/aromatic N) is 2. The lowest BCUT2D eigenvalue weighted by Crippen LogP contribution is -2.31. The quantitative estimate of drug-likeness (QED) is 0.636. The van der Waals surface area contributed by atoms with E-state index in [0.29, 0.717) is 17.0 Å². The van der Waals surface area contributed by atoms with E-state index in [1.165, 1.54) is 12.1 Å². The number of ketones is 1. The van der Waals surface area contributed by atoms with Gasteiger partial charge in [-0.05, 0) is 24.6 Å². The average molecular weight is 379 g/mol. The molecule has 28 heavy (non-hydrogen) atoms. The highest BCUT2D eigenvalue weighted by Gasteiger charge is 2.21. The standard InChI is InChI=1S/C22H22FN3O2/c1-15-6-8-16(9-7-15)19(27)10-11-20(28)25-21(22-24-12-13-26(22)2)17-4-3-5-18(23)14-17/h3-9,12-14,21H,10-11H2,1-2H3,(H,25,28). The van der Waals surface area contributed by atoms with Crippen LogP contribution in [0.15, 0.2) is 60.9 Å². The molecule has 1 atom stereocenters. The van der Waals surface area contributed by atoms with Gasteiger partial charge in [-0.15, -0.1) is 0 Å². The highest BCUT2D eigenvalue weighted by atomic mass is 19.1. The Labute approximate surface area is 163 Å². The minimum atomic E-state index is -0.599. The first-order valence-corrected chi connectivity index (χ1v) is 9.06. The van der Waals surface area contributed by atoms with Crippen molar-refractivity contribution in [2.45, 2.75) is 25.8 Å². The second kappa shape index (κ2) is 8.61. The lowest BCUT2D eigenvalue weighted by atomic mass is 10.0. The maximum atomic E-state index is 13.7. The molecule has 0 radical (unpaired) electrons. The van der Waals surface area contributed by atoms with Crippen LogP contribution in [0.2, 0.25) is 0 Å². The zero-order valence-corrected chi connectivity index (χ0v) is 15.9. The van der Waals surface area contributed by atoms with Crippen LogP contribution in [0.5, 0.6) is 0 Å². The topological polar surface area (TPSA) is 64.0 Å². The number of aryl methyl sites for hydroxylation is 2. The summed E-state index contributed by atoms with van der Waals surface area (Å²) in [4.78, 5) is 29.1. The van der Waals surface area contributed by atoms with Crippen molar-refractivity contribution in [3.05, 3.63) is 89.3 Å². The van der Waals surface area contributed by atoms with Gasteiger partial charge in [-0.2, -0.15) is 0 Å². The Bertz CT molecular complexity index is 979. The third-order valence-electron chi connectivity index (χ3n) is 4.56. The average Bonchev–Trinajstić information content (AvgIpc) is 3.10. The van der Waals surface area contributed by atoms with Crippen LogP contribution in [0.1, 0.15) is 46.2 Å². The Balaban J connectivity index is 1.70. The van der Waals surface area contributed by atoms with Crippen LogP contribution in [0, 0.1) is 12.7 Å². The Hall–Kier alpha value is -3.28. The van der Waals surface area contributed by atoms with Gasteiger partial charge in [-0.1, -0.05) is 42.0 Å². The molecule has 1 aromatic heterocycles. The summed E-state index contributed by atoms with van der Waals surface area (Å²) < 4.78 is 15.5. The molecule has 144 valence electrons. The van der Waals surface area contributed by atoms with Gasteiger partial charge in [-0.3, -0.25) is 9.59 Å². The van der Waals surface area contributed by atoms with Crippen molar-refractivity contribution >= 4 is 11.7 Å². The zero-order chi connectivity index (χ0) is 20.1. The molecule has 0 bridgehead atoms. The molecular weight excluding hydrogens is 357 g/mol. The van der Waals surface area contributed by atoms with E-state index >= 15 is 0 Å². The van der Waals surface area contributed by atoms with Gasteiger partial charge in [-0.25, -0.2) is 9.37 Å². The van der Waals surface area contributed by atoms with Crippen LogP contribution in [0.25, 0.3) is 0 Å². The van der Waals surface area contributed by atoms with E-state index in [1.54, 1.807) is 41.2 Å². The van der Waals surface area contributed by atoms with Gasteiger partial charge in [0, 0.05) is 37.8 Å². The number of hydrogen-bond donors (Lipinski definition) is 1. The second-order valence-corrected chi connectivity index (χ2v) is 6.74. The molecule has 1 unspecified atom stereocenters. The third-order valence-corrected chi connectivity index (χ3v) is 4.56. The molecule has 0 aliphatic rings. The summed E-state index contributed by atoms with van der Waals surface area (Å²) in [7, 11) is 1.81. The summed E-state index contributed by atoms with van der Waals surface area (Å²) in [5, 5.41) is 2.88. The van der Waals surface area contributed by atoms with E-state index < -0.39 is 6.04 Å². The van der Waals surface area contributed by atoms with Crippen LogP contribution in [0.3, 0.4) is 0 Å². The third kappa shape index (κ3) is 4.71. The fourth-order valence-electron chi connectivity index (χ4n) is 2.98. The number of aromatic nitrogens is 2. The van der Waals surface area contributed by atoms with Gasteiger partial charge in [0.25, 0.3) is 0 Å². The highest BCUT2D eigenvalue weighted by Crippen LogP contribution is 2.21. The molecule has 1 heterocycles. The van der Waals surface area contributed by atoms with E-state index in [9.17, 15) is 14.0 Å². The molecule has 0 fully saturated rings. The van der Waals surface area contributed by atoms with E-state index in [0.717, 1.165) is 5.56 Å². The van der Waals surface area contributed by atoms with Crippen molar-refractivity contribution < 1.29 is 14.0 Å². The van der Waals surface area contributed by atoms with E-state index in [1.807, 2.05) is 26.1 Å². The predicted molar refractivity (Wildman–Crippen MR) is 104 cm³/mol. The van der Waals surface area contributed by atoms with E-state index in [-0.39, 0.29) is 30.3 Å². The Morgan fingerprint density at radius 1 is 1.14 bits per heavy atom. The normalized spacial score (nSPS) is 11.8. The van der Waals surface area contributed by atoms with Crippen molar-refractivity contribution in [2.75, 3.05) is 0 Å². The molecule has 3 aromatic rings. The largest absolute Gasteiger partial charge is 0.342 e. The molecule has 6 heteroatoms. The number of carbonyl (C=O) groups is 2.